The molecule has 0 aliphatic heterocycles. The van der Waals surface area contributed by atoms with Crippen LogP contribution in [-0.4, -0.2) is 20.2 Å². The fourth-order valence-electron chi connectivity index (χ4n) is 1.46. The number of carbonyl (C=O) groups is 1. The van der Waals surface area contributed by atoms with E-state index in [9.17, 15) is 14.4 Å². The molecule has 0 fully saturated rings. The van der Waals surface area contributed by atoms with Crippen molar-refractivity contribution in [1.82, 2.24) is 9.13 Å². The van der Waals surface area contributed by atoms with Gasteiger partial charge in [0, 0.05) is 19.4 Å². The number of aryl methyl sites for hydroxylation is 1. The van der Waals surface area contributed by atoms with Gasteiger partial charge < -0.3 is 18.7 Å². The van der Waals surface area contributed by atoms with Crippen molar-refractivity contribution in [2.75, 3.05) is 0 Å². The van der Waals surface area contributed by atoms with Gasteiger partial charge in [-0.1, -0.05) is 0 Å². The lowest BCUT2D eigenvalue weighted by molar-refractivity contribution is 0.0696. The predicted octanol–water partition coefficient (Wildman–Crippen LogP) is -0.114. The Bertz CT molecular complexity index is 707. The lowest BCUT2D eigenvalue weighted by Gasteiger charge is -2.03. The molecule has 7 nitrogen and oxygen atoms in total. The zero-order valence-electron chi connectivity index (χ0n) is 9.49. The van der Waals surface area contributed by atoms with Gasteiger partial charge >= 0.3 is 17.1 Å². The van der Waals surface area contributed by atoms with E-state index in [0.717, 1.165) is 10.8 Å². The van der Waals surface area contributed by atoms with Crippen LogP contribution in [0.3, 0.4) is 0 Å². The molecule has 7 heteroatoms. The molecule has 0 amide bonds. The molecule has 0 atom stereocenters. The summed E-state index contributed by atoms with van der Waals surface area (Å²) in [7, 11) is 1.48. The molecule has 0 saturated heterocycles. The Hall–Kier alpha value is -2.57. The maximum Gasteiger partial charge on any atom is 0.338 e. The maximum absolute atomic E-state index is 11.6. The highest BCUT2D eigenvalue weighted by atomic mass is 16.4. The zero-order valence-corrected chi connectivity index (χ0v) is 9.49. The Morgan fingerprint density at radius 3 is 2.67 bits per heavy atom. The van der Waals surface area contributed by atoms with Gasteiger partial charge in [-0.25, -0.2) is 4.79 Å². The van der Waals surface area contributed by atoms with Crippen molar-refractivity contribution in [3.63, 3.8) is 0 Å². The van der Waals surface area contributed by atoms with Crippen LogP contribution in [-0.2, 0) is 13.6 Å². The third-order valence-corrected chi connectivity index (χ3v) is 2.46. The molecular formula is C11H10N2O5. The van der Waals surface area contributed by atoms with Crippen molar-refractivity contribution in [2.45, 2.75) is 6.54 Å². The van der Waals surface area contributed by atoms with Gasteiger partial charge in [-0.15, -0.1) is 0 Å². The quantitative estimate of drug-likeness (QED) is 0.767. The third kappa shape index (κ3) is 2.10. The van der Waals surface area contributed by atoms with E-state index in [1.165, 1.54) is 30.1 Å². The highest BCUT2D eigenvalue weighted by Crippen LogP contribution is 2.08. The number of aromatic nitrogens is 2. The SMILES string of the molecule is Cn1ccn(Cc2cc(C(=O)O)co2)c(=O)c1=O. The van der Waals surface area contributed by atoms with Gasteiger partial charge in [-0.3, -0.25) is 9.59 Å². The average Bonchev–Trinajstić information content (AvgIpc) is 2.79. The molecule has 0 aliphatic rings. The van der Waals surface area contributed by atoms with Crippen molar-refractivity contribution in [2.24, 2.45) is 7.05 Å². The first-order valence-corrected chi connectivity index (χ1v) is 5.06. The molecule has 94 valence electrons. The van der Waals surface area contributed by atoms with E-state index in [-0.39, 0.29) is 12.1 Å². The van der Waals surface area contributed by atoms with E-state index in [0.29, 0.717) is 5.76 Å². The number of hydrogen-bond acceptors (Lipinski definition) is 4. The molecule has 0 saturated carbocycles. The Morgan fingerprint density at radius 2 is 2.06 bits per heavy atom. The smallest absolute Gasteiger partial charge is 0.338 e. The van der Waals surface area contributed by atoms with Gasteiger partial charge in [0.25, 0.3) is 0 Å². The minimum absolute atomic E-state index is 0.00174. The minimum Gasteiger partial charge on any atom is -0.478 e. The largest absolute Gasteiger partial charge is 0.478 e. The van der Waals surface area contributed by atoms with Crippen molar-refractivity contribution in [3.8, 4) is 0 Å². The second kappa shape index (κ2) is 4.36. The number of furan rings is 1. The molecule has 18 heavy (non-hydrogen) atoms. The molecular weight excluding hydrogens is 240 g/mol. The monoisotopic (exact) mass is 250 g/mol. The van der Waals surface area contributed by atoms with Crippen LogP contribution in [0.1, 0.15) is 16.1 Å². The molecule has 0 unspecified atom stereocenters. The van der Waals surface area contributed by atoms with Crippen LogP contribution in [0, 0.1) is 0 Å². The molecule has 1 N–H and O–H groups in total. The van der Waals surface area contributed by atoms with Gasteiger partial charge in [0.2, 0.25) is 0 Å². The van der Waals surface area contributed by atoms with E-state index in [1.54, 1.807) is 0 Å². The highest BCUT2D eigenvalue weighted by molar-refractivity contribution is 5.87. The van der Waals surface area contributed by atoms with Gasteiger partial charge in [-0.2, -0.15) is 0 Å². The molecule has 0 aromatic carbocycles. The molecule has 2 aromatic rings. The van der Waals surface area contributed by atoms with Crippen LogP contribution in [0.5, 0.6) is 0 Å². The van der Waals surface area contributed by atoms with E-state index in [1.807, 2.05) is 0 Å². The summed E-state index contributed by atoms with van der Waals surface area (Å²) in [4.78, 5) is 33.7. The Balaban J connectivity index is 2.34. The minimum atomic E-state index is -1.11. The molecule has 0 bridgehead atoms. The van der Waals surface area contributed by atoms with E-state index >= 15 is 0 Å². The Kier molecular flexibility index (Phi) is 2.88. The Labute approximate surface area is 101 Å². The summed E-state index contributed by atoms with van der Waals surface area (Å²) < 4.78 is 7.34. The fraction of sp³-hybridized carbons (Fsp3) is 0.182. The van der Waals surface area contributed by atoms with Crippen LogP contribution in [0.4, 0.5) is 0 Å². The van der Waals surface area contributed by atoms with Crippen molar-refractivity contribution in [3.05, 3.63) is 56.8 Å². The number of aromatic carboxylic acids is 1. The topological polar surface area (TPSA) is 94.4 Å². The normalized spacial score (nSPS) is 10.5. The number of nitrogens with zero attached hydrogens (tertiary/aromatic N) is 2. The average molecular weight is 250 g/mol. The standard InChI is InChI=1S/C11H10N2O5/c1-12-2-3-13(10(15)9(12)14)5-8-4-7(6-18-8)11(16)17/h2-4,6H,5H2,1H3,(H,16,17). The summed E-state index contributed by atoms with van der Waals surface area (Å²) in [6, 6.07) is 1.31. The number of hydrogen-bond donors (Lipinski definition) is 1. The van der Waals surface area contributed by atoms with Crippen molar-refractivity contribution < 1.29 is 14.3 Å². The summed E-state index contributed by atoms with van der Waals surface area (Å²) >= 11 is 0. The molecule has 0 radical (unpaired) electrons. The third-order valence-electron chi connectivity index (χ3n) is 2.46. The number of carboxylic acids is 1. The Morgan fingerprint density at radius 1 is 1.33 bits per heavy atom. The molecule has 2 heterocycles. The van der Waals surface area contributed by atoms with Gasteiger partial charge in [0.15, 0.2) is 0 Å². The zero-order chi connectivity index (χ0) is 13.3. The molecule has 2 aromatic heterocycles. The lowest BCUT2D eigenvalue weighted by atomic mass is 10.3. The van der Waals surface area contributed by atoms with Crippen molar-refractivity contribution in [1.29, 1.82) is 0 Å². The van der Waals surface area contributed by atoms with Crippen molar-refractivity contribution >= 4 is 5.97 Å². The molecule has 2 rings (SSSR count). The van der Waals surface area contributed by atoms with Crippen LogP contribution in [0.15, 0.2) is 38.7 Å². The predicted molar refractivity (Wildman–Crippen MR) is 60.7 cm³/mol. The van der Waals surface area contributed by atoms with Gasteiger partial charge in [0.1, 0.15) is 12.0 Å². The summed E-state index contributed by atoms with van der Waals surface area (Å²) in [5.74, 6) is -0.816. The second-order valence-corrected chi connectivity index (χ2v) is 3.75. The summed E-state index contributed by atoms with van der Waals surface area (Å²) in [5, 5.41) is 8.72. The number of rotatable bonds is 3. The van der Waals surface area contributed by atoms with E-state index < -0.39 is 17.1 Å². The van der Waals surface area contributed by atoms with Crippen LogP contribution < -0.4 is 11.1 Å². The summed E-state index contributed by atoms with van der Waals surface area (Å²) in [6.07, 6.45) is 3.97. The van der Waals surface area contributed by atoms with Gasteiger partial charge in [-0.05, 0) is 6.07 Å². The first-order valence-electron chi connectivity index (χ1n) is 5.06. The van der Waals surface area contributed by atoms with Gasteiger partial charge in [0.05, 0.1) is 12.1 Å². The first-order chi connectivity index (χ1) is 8.49. The first kappa shape index (κ1) is 11.9. The highest BCUT2D eigenvalue weighted by Gasteiger charge is 2.10. The lowest BCUT2D eigenvalue weighted by Crippen LogP contribution is -2.39. The van der Waals surface area contributed by atoms with Crippen LogP contribution in [0.2, 0.25) is 0 Å². The number of carboxylic acid groups (broad SMARTS) is 1. The van der Waals surface area contributed by atoms with Crippen LogP contribution in [0.25, 0.3) is 0 Å². The molecule has 0 aliphatic carbocycles. The summed E-state index contributed by atoms with van der Waals surface area (Å²) in [6.45, 7) is 0.0161. The second-order valence-electron chi connectivity index (χ2n) is 3.75. The molecule has 0 spiro atoms. The fourth-order valence-corrected chi connectivity index (χ4v) is 1.46. The van der Waals surface area contributed by atoms with E-state index in [2.05, 4.69) is 0 Å². The van der Waals surface area contributed by atoms with E-state index in [4.69, 9.17) is 9.52 Å². The maximum atomic E-state index is 11.6. The van der Waals surface area contributed by atoms with Crippen LogP contribution >= 0.6 is 0 Å². The summed E-state index contributed by atoms with van der Waals surface area (Å²) in [5.41, 5.74) is -1.34.